The topological polar surface area (TPSA) is 27.6 Å². The number of hydrogen-bond acceptors (Lipinski definition) is 3. The van der Waals surface area contributed by atoms with E-state index in [4.69, 9.17) is 0 Å². The monoisotopic (exact) mass is 419 g/mol. The van der Waals surface area contributed by atoms with Crippen molar-refractivity contribution in [2.24, 2.45) is 5.10 Å². The van der Waals surface area contributed by atoms with Gasteiger partial charge in [0.2, 0.25) is 5.82 Å². The predicted molar refractivity (Wildman–Crippen MR) is 103 cm³/mol. The summed E-state index contributed by atoms with van der Waals surface area (Å²) in [5.41, 5.74) is 2.02. The Bertz CT molecular complexity index is 825. The molecule has 0 saturated heterocycles. The van der Waals surface area contributed by atoms with Gasteiger partial charge in [-0.05, 0) is 25.7 Å². The van der Waals surface area contributed by atoms with E-state index >= 15 is 0 Å². The molecule has 0 aliphatic rings. The van der Waals surface area contributed by atoms with Crippen LogP contribution < -0.4 is 5.43 Å². The number of hydrazone groups is 1. The van der Waals surface area contributed by atoms with Crippen LogP contribution >= 0.6 is 12.4 Å². The van der Waals surface area contributed by atoms with Crippen molar-refractivity contribution >= 4 is 29.9 Å². The van der Waals surface area contributed by atoms with E-state index in [1.807, 2.05) is 54.8 Å². The summed E-state index contributed by atoms with van der Waals surface area (Å²) in [6.45, 7) is 0.566. The van der Waals surface area contributed by atoms with Gasteiger partial charge in [0.25, 0.3) is 0 Å². The second-order valence-electron chi connectivity index (χ2n) is 5.96. The number of anilines is 1. The number of hydrogen-bond donors (Lipinski definition) is 1. The molecule has 2 aromatic carbocycles. The van der Waals surface area contributed by atoms with Crippen molar-refractivity contribution in [2.45, 2.75) is 6.42 Å². The number of nitrogens with zero attached hydrogens (tertiary/aromatic N) is 2. The molecular weight excluding hydrogens is 401 g/mol. The van der Waals surface area contributed by atoms with E-state index in [-0.39, 0.29) is 12.4 Å². The summed E-state index contributed by atoms with van der Waals surface area (Å²) in [5, 5.41) is 3.83. The Hall–Kier alpha value is -2.45. The summed E-state index contributed by atoms with van der Waals surface area (Å²) in [5.74, 6) is -10.2. The smallest absolute Gasteiger partial charge is 0.200 e. The molecule has 0 saturated carbocycles. The van der Waals surface area contributed by atoms with Crippen molar-refractivity contribution in [2.75, 3.05) is 26.1 Å². The minimum absolute atomic E-state index is 0. The lowest BCUT2D eigenvalue weighted by molar-refractivity contribution is 0.381. The van der Waals surface area contributed by atoms with Crippen molar-refractivity contribution in [3.63, 3.8) is 0 Å². The molecule has 0 heterocycles. The zero-order valence-electron chi connectivity index (χ0n) is 15.1. The zero-order chi connectivity index (χ0) is 20.0. The molecule has 9 heteroatoms. The van der Waals surface area contributed by atoms with Crippen molar-refractivity contribution in [3.8, 4) is 0 Å². The highest BCUT2D eigenvalue weighted by atomic mass is 35.5. The van der Waals surface area contributed by atoms with E-state index in [0.717, 1.165) is 5.56 Å². The van der Waals surface area contributed by atoms with Crippen LogP contribution in [-0.2, 0) is 0 Å². The quantitative estimate of drug-likeness (QED) is 0.218. The molecule has 0 atom stereocenters. The maximum atomic E-state index is 13.7. The van der Waals surface area contributed by atoms with E-state index in [0.29, 0.717) is 18.7 Å². The molecule has 2 rings (SSSR count). The van der Waals surface area contributed by atoms with Gasteiger partial charge in [0, 0.05) is 13.0 Å². The van der Waals surface area contributed by atoms with Crippen LogP contribution in [0.4, 0.5) is 27.6 Å². The number of nitrogens with one attached hydrogen (secondary N) is 1. The Labute approximate surface area is 166 Å². The van der Waals surface area contributed by atoms with Gasteiger partial charge in [0.05, 0.1) is 5.71 Å². The van der Waals surface area contributed by atoms with E-state index in [1.165, 1.54) is 0 Å². The van der Waals surface area contributed by atoms with Gasteiger partial charge in [-0.1, -0.05) is 36.4 Å². The first-order valence-electron chi connectivity index (χ1n) is 8.03. The molecule has 0 radical (unpaired) electrons. The molecule has 0 fully saturated rings. The van der Waals surface area contributed by atoms with Gasteiger partial charge in [0.1, 0.15) is 5.69 Å². The number of halogens is 6. The standard InChI is InChI=1S/C19H18F5N3.ClH/c1-27(2)11-10-13(9-8-12-6-4-3-5-7-12)25-26-19-17(23)15(21)14(20)16(22)18(19)24;/h3-9,26H,10-11H2,1-2H3;1H/b9-8+,25-13-;. The van der Waals surface area contributed by atoms with Crippen molar-refractivity contribution in [1.29, 1.82) is 0 Å². The predicted octanol–water partition coefficient (Wildman–Crippen LogP) is 5.24. The Kier molecular flexibility index (Phi) is 9.08. The maximum Gasteiger partial charge on any atom is 0.200 e. The summed E-state index contributed by atoms with van der Waals surface area (Å²) in [7, 11) is 3.66. The lowest BCUT2D eigenvalue weighted by atomic mass is 10.1. The first kappa shape index (κ1) is 23.6. The third-order valence-corrected chi connectivity index (χ3v) is 3.60. The largest absolute Gasteiger partial charge is 0.309 e. The molecule has 1 N–H and O–H groups in total. The Morgan fingerprint density at radius 3 is 2.00 bits per heavy atom. The average Bonchev–Trinajstić information content (AvgIpc) is 2.66. The Balaban J connectivity index is 0.00000392. The SMILES string of the molecule is CN(C)CCC(/C=C/c1ccccc1)=N\Nc1c(F)c(F)c(F)c(F)c1F.Cl. The molecule has 0 aliphatic carbocycles. The van der Waals surface area contributed by atoms with E-state index < -0.39 is 34.8 Å². The molecule has 2 aromatic rings. The molecular formula is C19H19ClF5N3. The minimum atomic E-state index is -2.21. The molecule has 28 heavy (non-hydrogen) atoms. The molecule has 0 unspecified atom stereocenters. The van der Waals surface area contributed by atoms with Gasteiger partial charge in [-0.25, -0.2) is 22.0 Å². The van der Waals surface area contributed by atoms with Crippen LogP contribution in [0.25, 0.3) is 6.08 Å². The molecule has 0 aromatic heterocycles. The summed E-state index contributed by atoms with van der Waals surface area (Å²) in [4.78, 5) is 1.87. The van der Waals surface area contributed by atoms with Crippen LogP contribution in [0, 0.1) is 29.1 Å². The van der Waals surface area contributed by atoms with Crippen molar-refractivity contribution in [1.82, 2.24) is 4.90 Å². The third kappa shape index (κ3) is 6.03. The summed E-state index contributed by atoms with van der Waals surface area (Å²) < 4.78 is 67.1. The van der Waals surface area contributed by atoms with Gasteiger partial charge in [-0.15, -0.1) is 12.4 Å². The highest BCUT2D eigenvalue weighted by molar-refractivity contribution is 5.98. The van der Waals surface area contributed by atoms with Gasteiger partial charge in [0.15, 0.2) is 23.3 Å². The first-order chi connectivity index (χ1) is 12.8. The highest BCUT2D eigenvalue weighted by Crippen LogP contribution is 2.27. The average molecular weight is 420 g/mol. The molecule has 0 aliphatic heterocycles. The van der Waals surface area contributed by atoms with E-state index in [2.05, 4.69) is 5.10 Å². The highest BCUT2D eigenvalue weighted by Gasteiger charge is 2.25. The third-order valence-electron chi connectivity index (χ3n) is 3.60. The fraction of sp³-hybridized carbons (Fsp3) is 0.211. The Morgan fingerprint density at radius 2 is 1.46 bits per heavy atom. The molecule has 152 valence electrons. The van der Waals surface area contributed by atoms with Gasteiger partial charge in [-0.2, -0.15) is 5.10 Å². The van der Waals surface area contributed by atoms with Crippen LogP contribution in [0.15, 0.2) is 41.5 Å². The molecule has 3 nitrogen and oxygen atoms in total. The fourth-order valence-electron chi connectivity index (χ4n) is 2.10. The first-order valence-corrected chi connectivity index (χ1v) is 8.03. The molecule has 0 amide bonds. The van der Waals surface area contributed by atoms with Crippen LogP contribution in [0.5, 0.6) is 0 Å². The Morgan fingerprint density at radius 1 is 0.929 bits per heavy atom. The lowest BCUT2D eigenvalue weighted by Gasteiger charge is -2.11. The second kappa shape index (κ2) is 10.8. The maximum absolute atomic E-state index is 13.7. The van der Waals surface area contributed by atoms with Crippen LogP contribution in [0.1, 0.15) is 12.0 Å². The van der Waals surface area contributed by atoms with Gasteiger partial charge >= 0.3 is 0 Å². The molecule has 0 spiro atoms. The normalized spacial score (nSPS) is 11.8. The summed E-state index contributed by atoms with van der Waals surface area (Å²) in [6, 6.07) is 9.21. The summed E-state index contributed by atoms with van der Waals surface area (Å²) in [6.07, 6.45) is 3.73. The van der Waals surface area contributed by atoms with Gasteiger partial charge < -0.3 is 4.90 Å². The lowest BCUT2D eigenvalue weighted by Crippen LogP contribution is -2.16. The fourth-order valence-corrected chi connectivity index (χ4v) is 2.10. The van der Waals surface area contributed by atoms with Gasteiger partial charge in [-0.3, -0.25) is 5.43 Å². The second-order valence-corrected chi connectivity index (χ2v) is 5.96. The molecule has 0 bridgehead atoms. The van der Waals surface area contributed by atoms with E-state index in [1.54, 1.807) is 12.2 Å². The number of rotatable bonds is 7. The van der Waals surface area contributed by atoms with E-state index in [9.17, 15) is 22.0 Å². The van der Waals surface area contributed by atoms with Crippen LogP contribution in [-0.4, -0.2) is 31.3 Å². The number of benzene rings is 2. The zero-order valence-corrected chi connectivity index (χ0v) is 16.0. The minimum Gasteiger partial charge on any atom is -0.309 e. The number of allylic oxidation sites excluding steroid dienone is 1. The van der Waals surface area contributed by atoms with Crippen LogP contribution in [0.2, 0.25) is 0 Å². The summed E-state index contributed by atoms with van der Waals surface area (Å²) >= 11 is 0. The van der Waals surface area contributed by atoms with Crippen LogP contribution in [0.3, 0.4) is 0 Å². The van der Waals surface area contributed by atoms with Crippen molar-refractivity contribution < 1.29 is 22.0 Å². The van der Waals surface area contributed by atoms with Crippen molar-refractivity contribution in [3.05, 3.63) is 71.1 Å².